The van der Waals surface area contributed by atoms with Gasteiger partial charge in [-0.05, 0) is 25.5 Å². The quantitative estimate of drug-likeness (QED) is 0.584. The van der Waals surface area contributed by atoms with E-state index in [2.05, 4.69) is 32.1 Å². The first-order chi connectivity index (χ1) is 10.8. The highest BCUT2D eigenvalue weighted by Gasteiger charge is 2.22. The summed E-state index contributed by atoms with van der Waals surface area (Å²) in [6, 6.07) is 8.04. The molecule has 0 amide bonds. The van der Waals surface area contributed by atoms with Gasteiger partial charge in [0.05, 0.1) is 17.1 Å². The predicted molar refractivity (Wildman–Crippen MR) is 88.0 cm³/mol. The van der Waals surface area contributed by atoms with E-state index in [1.54, 1.807) is 0 Å². The van der Waals surface area contributed by atoms with Gasteiger partial charge in [0.25, 0.3) is 0 Å². The summed E-state index contributed by atoms with van der Waals surface area (Å²) in [7, 11) is 0. The number of aromatic amines is 1. The number of hydrogen-bond donors (Lipinski definition) is 3. The third kappa shape index (κ3) is 3.39. The highest BCUT2D eigenvalue weighted by Crippen LogP contribution is 2.11. The van der Waals surface area contributed by atoms with Crippen LogP contribution >= 0.6 is 0 Å². The van der Waals surface area contributed by atoms with Crippen molar-refractivity contribution in [3.8, 4) is 0 Å². The lowest BCUT2D eigenvalue weighted by Gasteiger charge is -2.20. The van der Waals surface area contributed by atoms with Crippen LogP contribution in [-0.2, 0) is 6.42 Å². The van der Waals surface area contributed by atoms with Gasteiger partial charge in [0.15, 0.2) is 5.96 Å². The number of aliphatic hydroxyl groups excluding tert-OH is 1. The SMILES string of the molecule is CCNC(=NCCc1nc2ccccc2[nH]1)N1CC[C@@H](O)C1. The largest absolute Gasteiger partial charge is 0.391 e. The Morgan fingerprint density at radius 2 is 2.36 bits per heavy atom. The fraction of sp³-hybridized carbons (Fsp3) is 0.500. The summed E-state index contributed by atoms with van der Waals surface area (Å²) >= 11 is 0. The van der Waals surface area contributed by atoms with Crippen molar-refractivity contribution in [3.63, 3.8) is 0 Å². The van der Waals surface area contributed by atoms with E-state index >= 15 is 0 Å². The molecule has 22 heavy (non-hydrogen) atoms. The number of nitrogens with one attached hydrogen (secondary N) is 2. The standard InChI is InChI=1S/C16H23N5O/c1-2-17-16(21-10-8-12(22)11-21)18-9-7-15-19-13-5-3-4-6-14(13)20-15/h3-6,12,22H,2,7-11H2,1H3,(H,17,18)(H,19,20)/t12-/m1/s1. The van der Waals surface area contributed by atoms with E-state index in [-0.39, 0.29) is 6.10 Å². The molecule has 118 valence electrons. The molecule has 1 aromatic carbocycles. The summed E-state index contributed by atoms with van der Waals surface area (Å²) < 4.78 is 0. The molecular weight excluding hydrogens is 278 g/mol. The average molecular weight is 301 g/mol. The van der Waals surface area contributed by atoms with Gasteiger partial charge in [-0.3, -0.25) is 4.99 Å². The Morgan fingerprint density at radius 3 is 3.09 bits per heavy atom. The maximum absolute atomic E-state index is 9.66. The molecule has 2 aromatic rings. The summed E-state index contributed by atoms with van der Waals surface area (Å²) in [5, 5.41) is 13.0. The average Bonchev–Trinajstić information content (AvgIpc) is 3.12. The number of guanidine groups is 1. The van der Waals surface area contributed by atoms with Crippen LogP contribution in [0.4, 0.5) is 0 Å². The minimum absolute atomic E-state index is 0.237. The molecule has 0 saturated carbocycles. The van der Waals surface area contributed by atoms with Crippen molar-refractivity contribution in [1.82, 2.24) is 20.2 Å². The van der Waals surface area contributed by atoms with Crippen molar-refractivity contribution < 1.29 is 5.11 Å². The number of aliphatic imine (C=N–C) groups is 1. The van der Waals surface area contributed by atoms with Crippen LogP contribution in [0.25, 0.3) is 11.0 Å². The zero-order valence-electron chi connectivity index (χ0n) is 12.9. The molecule has 2 heterocycles. The van der Waals surface area contributed by atoms with Crippen LogP contribution in [-0.4, -0.2) is 58.2 Å². The summed E-state index contributed by atoms with van der Waals surface area (Å²) in [5.41, 5.74) is 2.06. The van der Waals surface area contributed by atoms with Gasteiger partial charge in [0.2, 0.25) is 0 Å². The van der Waals surface area contributed by atoms with Gasteiger partial charge in [-0.15, -0.1) is 0 Å². The highest BCUT2D eigenvalue weighted by molar-refractivity contribution is 5.80. The van der Waals surface area contributed by atoms with E-state index < -0.39 is 0 Å². The zero-order chi connectivity index (χ0) is 15.4. The highest BCUT2D eigenvalue weighted by atomic mass is 16.3. The molecule has 0 aliphatic carbocycles. The number of rotatable bonds is 4. The van der Waals surface area contributed by atoms with Crippen LogP contribution in [0.5, 0.6) is 0 Å². The molecule has 1 aliphatic heterocycles. The van der Waals surface area contributed by atoms with E-state index in [1.165, 1.54) is 0 Å². The van der Waals surface area contributed by atoms with E-state index in [4.69, 9.17) is 0 Å². The van der Waals surface area contributed by atoms with Gasteiger partial charge in [-0.2, -0.15) is 0 Å². The zero-order valence-corrected chi connectivity index (χ0v) is 12.9. The van der Waals surface area contributed by atoms with Crippen molar-refractivity contribution >= 4 is 17.0 Å². The first-order valence-corrected chi connectivity index (χ1v) is 7.91. The summed E-state index contributed by atoms with van der Waals surface area (Å²) in [6.45, 7) is 5.08. The third-order valence-electron chi connectivity index (χ3n) is 3.85. The lowest BCUT2D eigenvalue weighted by molar-refractivity contribution is 0.188. The predicted octanol–water partition coefficient (Wildman–Crippen LogP) is 1.14. The van der Waals surface area contributed by atoms with E-state index in [0.29, 0.717) is 13.1 Å². The molecule has 0 spiro atoms. The number of likely N-dealkylation sites (tertiary alicyclic amines) is 1. The van der Waals surface area contributed by atoms with Crippen molar-refractivity contribution in [2.24, 2.45) is 4.99 Å². The minimum Gasteiger partial charge on any atom is -0.391 e. The molecule has 3 N–H and O–H groups in total. The molecule has 1 saturated heterocycles. The molecule has 1 aromatic heterocycles. The van der Waals surface area contributed by atoms with Crippen LogP contribution in [0.1, 0.15) is 19.2 Å². The molecule has 6 heteroatoms. The van der Waals surface area contributed by atoms with Gasteiger partial charge in [0, 0.05) is 32.6 Å². The molecule has 1 aliphatic rings. The number of aliphatic hydroxyl groups is 1. The Labute approximate surface area is 130 Å². The molecule has 0 bridgehead atoms. The van der Waals surface area contributed by atoms with E-state index in [9.17, 15) is 5.11 Å². The Bertz CT molecular complexity index is 618. The van der Waals surface area contributed by atoms with Crippen LogP contribution in [0.15, 0.2) is 29.3 Å². The number of benzene rings is 1. The monoisotopic (exact) mass is 301 g/mol. The van der Waals surface area contributed by atoms with Crippen molar-refractivity contribution in [1.29, 1.82) is 0 Å². The van der Waals surface area contributed by atoms with Crippen LogP contribution < -0.4 is 5.32 Å². The molecular formula is C16H23N5O. The molecule has 3 rings (SSSR count). The third-order valence-corrected chi connectivity index (χ3v) is 3.85. The smallest absolute Gasteiger partial charge is 0.194 e. The topological polar surface area (TPSA) is 76.5 Å². The molecule has 1 atom stereocenters. The Kier molecular flexibility index (Phi) is 4.58. The first kappa shape index (κ1) is 14.8. The number of imidazole rings is 1. The summed E-state index contributed by atoms with van der Waals surface area (Å²) in [5.74, 6) is 1.84. The number of β-amino-alcohol motifs (C(OH)–C–C–N with tert-alkyl or cyclic N) is 1. The summed E-state index contributed by atoms with van der Waals surface area (Å²) in [4.78, 5) is 14.7. The Balaban J connectivity index is 1.63. The molecule has 6 nitrogen and oxygen atoms in total. The number of fused-ring (bicyclic) bond motifs is 1. The first-order valence-electron chi connectivity index (χ1n) is 7.91. The van der Waals surface area contributed by atoms with Crippen LogP contribution in [0, 0.1) is 0 Å². The number of H-pyrrole nitrogens is 1. The van der Waals surface area contributed by atoms with Crippen molar-refractivity contribution in [2.75, 3.05) is 26.2 Å². The summed E-state index contributed by atoms with van der Waals surface area (Å²) in [6.07, 6.45) is 1.35. The number of hydrogen-bond acceptors (Lipinski definition) is 3. The minimum atomic E-state index is -0.237. The van der Waals surface area contributed by atoms with Gasteiger partial charge >= 0.3 is 0 Å². The number of para-hydroxylation sites is 2. The van der Waals surface area contributed by atoms with Crippen molar-refractivity contribution in [3.05, 3.63) is 30.1 Å². The molecule has 0 unspecified atom stereocenters. The van der Waals surface area contributed by atoms with E-state index in [1.807, 2.05) is 24.3 Å². The second kappa shape index (κ2) is 6.79. The van der Waals surface area contributed by atoms with Crippen LogP contribution in [0.3, 0.4) is 0 Å². The van der Waals surface area contributed by atoms with Gasteiger partial charge < -0.3 is 20.3 Å². The van der Waals surface area contributed by atoms with Gasteiger partial charge in [-0.1, -0.05) is 12.1 Å². The number of nitrogens with zero attached hydrogens (tertiary/aromatic N) is 3. The fourth-order valence-electron chi connectivity index (χ4n) is 2.75. The van der Waals surface area contributed by atoms with E-state index in [0.717, 1.165) is 48.7 Å². The second-order valence-corrected chi connectivity index (χ2v) is 5.57. The Hall–Kier alpha value is -2.08. The lowest BCUT2D eigenvalue weighted by Crippen LogP contribution is -2.40. The van der Waals surface area contributed by atoms with Crippen molar-refractivity contribution in [2.45, 2.75) is 25.9 Å². The molecule has 1 fully saturated rings. The second-order valence-electron chi connectivity index (χ2n) is 5.57. The fourth-order valence-corrected chi connectivity index (χ4v) is 2.75. The maximum atomic E-state index is 9.66. The lowest BCUT2D eigenvalue weighted by atomic mass is 10.3. The van der Waals surface area contributed by atoms with Crippen LogP contribution in [0.2, 0.25) is 0 Å². The number of aromatic nitrogens is 2. The molecule has 0 radical (unpaired) electrons. The normalized spacial score (nSPS) is 19.1. The Morgan fingerprint density at radius 1 is 1.50 bits per heavy atom. The van der Waals surface area contributed by atoms with Gasteiger partial charge in [-0.25, -0.2) is 4.98 Å². The van der Waals surface area contributed by atoms with Gasteiger partial charge in [0.1, 0.15) is 5.82 Å². The maximum Gasteiger partial charge on any atom is 0.194 e.